The lowest BCUT2D eigenvalue weighted by Gasteiger charge is -2.30. The Balaban J connectivity index is 2.23. The predicted octanol–water partition coefficient (Wildman–Crippen LogP) is 1.72. The van der Waals surface area contributed by atoms with Crippen LogP contribution in [-0.4, -0.2) is 25.0 Å². The molecule has 0 amide bonds. The van der Waals surface area contributed by atoms with Crippen molar-refractivity contribution in [2.45, 2.75) is 19.0 Å². The molecule has 0 aromatic heterocycles. The van der Waals surface area contributed by atoms with Gasteiger partial charge in [0.15, 0.2) is 17.5 Å². The van der Waals surface area contributed by atoms with Crippen LogP contribution in [0, 0.1) is 17.5 Å². The number of carbonyl (C=O) groups is 1. The maximum absolute atomic E-state index is 13.1. The van der Waals surface area contributed by atoms with E-state index in [1.54, 1.807) is 0 Å². The lowest BCUT2D eigenvalue weighted by molar-refractivity contribution is -0.122. The highest BCUT2D eigenvalue weighted by atomic mass is 19.2. The van der Waals surface area contributed by atoms with Gasteiger partial charge in [-0.05, 0) is 24.6 Å². The first-order valence-electron chi connectivity index (χ1n) is 5.47. The van der Waals surface area contributed by atoms with Crippen LogP contribution in [0.15, 0.2) is 12.1 Å². The van der Waals surface area contributed by atoms with Crippen molar-refractivity contribution in [2.75, 3.05) is 13.2 Å². The van der Waals surface area contributed by atoms with Gasteiger partial charge in [-0.25, -0.2) is 13.2 Å². The number of ketones is 1. The van der Waals surface area contributed by atoms with Gasteiger partial charge in [-0.1, -0.05) is 0 Å². The Kier molecular flexibility index (Phi) is 3.68. The van der Waals surface area contributed by atoms with E-state index in [-0.39, 0.29) is 24.6 Å². The molecule has 2 atom stereocenters. The maximum Gasteiger partial charge on any atom is 0.194 e. The molecule has 1 heterocycles. The summed E-state index contributed by atoms with van der Waals surface area (Å²) in [6, 6.07) is 0.765. The van der Waals surface area contributed by atoms with Gasteiger partial charge >= 0.3 is 0 Å². The zero-order valence-corrected chi connectivity index (χ0v) is 9.67. The number of nitrogens with one attached hydrogen (secondary N) is 1. The molecule has 1 aromatic rings. The average Bonchev–Trinajstić information content (AvgIpc) is 2.35. The SMILES string of the molecule is CC(=O)C1COCC(c2cc(F)c(F)c(F)c2)N1. The number of benzene rings is 1. The van der Waals surface area contributed by atoms with E-state index in [1.165, 1.54) is 6.92 Å². The zero-order valence-electron chi connectivity index (χ0n) is 9.67. The van der Waals surface area contributed by atoms with Crippen molar-refractivity contribution in [1.29, 1.82) is 0 Å². The summed E-state index contributed by atoms with van der Waals surface area (Å²) in [5.41, 5.74) is 0.220. The summed E-state index contributed by atoms with van der Waals surface area (Å²) in [4.78, 5) is 11.2. The first-order chi connectivity index (χ1) is 8.49. The van der Waals surface area contributed by atoms with Gasteiger partial charge in [-0.15, -0.1) is 0 Å². The number of Topliss-reactive ketones (excluding diaryl/α,β-unsaturated/α-hetero) is 1. The highest BCUT2D eigenvalue weighted by Gasteiger charge is 2.27. The van der Waals surface area contributed by atoms with Gasteiger partial charge in [0.25, 0.3) is 0 Å². The molecule has 1 aliphatic heterocycles. The minimum absolute atomic E-state index is 0.122. The summed E-state index contributed by atoms with van der Waals surface area (Å²) < 4.78 is 44.2. The molecule has 0 aliphatic carbocycles. The normalized spacial score (nSPS) is 24.0. The molecule has 0 saturated carbocycles. The fourth-order valence-electron chi connectivity index (χ4n) is 1.85. The van der Waals surface area contributed by atoms with Crippen molar-refractivity contribution in [1.82, 2.24) is 5.32 Å². The van der Waals surface area contributed by atoms with Crippen molar-refractivity contribution in [3.05, 3.63) is 35.1 Å². The molecule has 6 heteroatoms. The van der Waals surface area contributed by atoms with E-state index >= 15 is 0 Å². The monoisotopic (exact) mass is 259 g/mol. The molecule has 18 heavy (non-hydrogen) atoms. The van der Waals surface area contributed by atoms with Crippen LogP contribution < -0.4 is 5.32 Å². The summed E-state index contributed by atoms with van der Waals surface area (Å²) in [6.07, 6.45) is 0. The van der Waals surface area contributed by atoms with Crippen molar-refractivity contribution in [2.24, 2.45) is 0 Å². The van der Waals surface area contributed by atoms with Crippen LogP contribution in [0.5, 0.6) is 0 Å². The number of carbonyl (C=O) groups excluding carboxylic acids is 1. The van der Waals surface area contributed by atoms with Gasteiger partial charge in [-0.2, -0.15) is 0 Å². The van der Waals surface area contributed by atoms with E-state index in [4.69, 9.17) is 4.74 Å². The number of hydrogen-bond acceptors (Lipinski definition) is 3. The molecule has 2 unspecified atom stereocenters. The smallest absolute Gasteiger partial charge is 0.194 e. The fraction of sp³-hybridized carbons (Fsp3) is 0.417. The quantitative estimate of drug-likeness (QED) is 0.822. The third-order valence-electron chi connectivity index (χ3n) is 2.87. The lowest BCUT2D eigenvalue weighted by Crippen LogP contribution is -2.47. The molecule has 1 N–H and O–H groups in total. The highest BCUT2D eigenvalue weighted by molar-refractivity contribution is 5.81. The summed E-state index contributed by atoms with van der Waals surface area (Å²) in [6.45, 7) is 1.79. The molecule has 1 saturated heterocycles. The van der Waals surface area contributed by atoms with Gasteiger partial charge in [-0.3, -0.25) is 10.1 Å². The molecule has 0 bridgehead atoms. The van der Waals surface area contributed by atoms with E-state index in [0.29, 0.717) is 0 Å². The number of hydrogen-bond donors (Lipinski definition) is 1. The Hall–Kier alpha value is -1.40. The highest BCUT2D eigenvalue weighted by Crippen LogP contribution is 2.22. The van der Waals surface area contributed by atoms with Crippen LogP contribution in [0.2, 0.25) is 0 Å². The maximum atomic E-state index is 13.1. The molecular formula is C12H12F3NO2. The Bertz CT molecular complexity index is 455. The zero-order chi connectivity index (χ0) is 13.3. The van der Waals surface area contributed by atoms with Gasteiger partial charge < -0.3 is 4.74 Å². The van der Waals surface area contributed by atoms with Gasteiger partial charge in [0, 0.05) is 0 Å². The van der Waals surface area contributed by atoms with Crippen molar-refractivity contribution >= 4 is 5.78 Å². The first-order valence-corrected chi connectivity index (χ1v) is 5.47. The minimum atomic E-state index is -1.50. The molecule has 98 valence electrons. The Labute approximate surface area is 102 Å². The Morgan fingerprint density at radius 2 is 1.89 bits per heavy atom. The van der Waals surface area contributed by atoms with Crippen LogP contribution in [0.4, 0.5) is 13.2 Å². The Morgan fingerprint density at radius 3 is 2.44 bits per heavy atom. The fourth-order valence-corrected chi connectivity index (χ4v) is 1.85. The van der Waals surface area contributed by atoms with Gasteiger partial charge in [0.1, 0.15) is 5.78 Å². The van der Waals surface area contributed by atoms with Crippen molar-refractivity contribution < 1.29 is 22.7 Å². The summed E-state index contributed by atoms with van der Waals surface area (Å²) in [5.74, 6) is -4.13. The standard InChI is InChI=1S/C12H12F3NO2/c1-6(17)10-4-18-5-11(16-10)7-2-8(13)12(15)9(14)3-7/h2-3,10-11,16H,4-5H2,1H3. The lowest BCUT2D eigenvalue weighted by atomic mass is 10.0. The summed E-state index contributed by atoms with van der Waals surface area (Å²) in [5, 5.41) is 2.91. The molecule has 1 aliphatic rings. The molecule has 1 aromatic carbocycles. The summed E-state index contributed by atoms with van der Waals surface area (Å²) >= 11 is 0. The van der Waals surface area contributed by atoms with E-state index < -0.39 is 29.5 Å². The van der Waals surface area contributed by atoms with Crippen LogP contribution >= 0.6 is 0 Å². The summed E-state index contributed by atoms with van der Waals surface area (Å²) in [7, 11) is 0. The molecule has 2 rings (SSSR count). The third-order valence-corrected chi connectivity index (χ3v) is 2.87. The number of halogens is 3. The molecule has 0 spiro atoms. The predicted molar refractivity (Wildman–Crippen MR) is 57.5 cm³/mol. The van der Waals surface area contributed by atoms with Crippen LogP contribution in [0.1, 0.15) is 18.5 Å². The first kappa shape index (κ1) is 13.0. The molecule has 0 radical (unpaired) electrons. The second kappa shape index (κ2) is 5.07. The molecule has 3 nitrogen and oxygen atoms in total. The Morgan fingerprint density at radius 1 is 1.28 bits per heavy atom. The second-order valence-electron chi connectivity index (χ2n) is 4.22. The molecular weight excluding hydrogens is 247 g/mol. The van der Waals surface area contributed by atoms with Gasteiger partial charge in [0.2, 0.25) is 0 Å². The van der Waals surface area contributed by atoms with E-state index in [0.717, 1.165) is 12.1 Å². The van der Waals surface area contributed by atoms with Crippen LogP contribution in [0.25, 0.3) is 0 Å². The second-order valence-corrected chi connectivity index (χ2v) is 4.22. The molecule has 1 fully saturated rings. The van der Waals surface area contributed by atoms with Gasteiger partial charge in [0.05, 0.1) is 25.3 Å². The minimum Gasteiger partial charge on any atom is -0.377 e. The topological polar surface area (TPSA) is 38.3 Å². The van der Waals surface area contributed by atoms with E-state index in [1.807, 2.05) is 0 Å². The van der Waals surface area contributed by atoms with Crippen LogP contribution in [-0.2, 0) is 9.53 Å². The van der Waals surface area contributed by atoms with E-state index in [2.05, 4.69) is 5.32 Å². The van der Waals surface area contributed by atoms with Crippen molar-refractivity contribution in [3.8, 4) is 0 Å². The van der Waals surface area contributed by atoms with Crippen molar-refractivity contribution in [3.63, 3.8) is 0 Å². The largest absolute Gasteiger partial charge is 0.377 e. The number of ether oxygens (including phenoxy) is 1. The number of morpholine rings is 1. The van der Waals surface area contributed by atoms with E-state index in [9.17, 15) is 18.0 Å². The third kappa shape index (κ3) is 2.54. The number of rotatable bonds is 2. The van der Waals surface area contributed by atoms with Crippen LogP contribution in [0.3, 0.4) is 0 Å². The average molecular weight is 259 g/mol.